The summed E-state index contributed by atoms with van der Waals surface area (Å²) in [7, 11) is 0. The first kappa shape index (κ1) is 18.5. The molecule has 1 saturated heterocycles. The Labute approximate surface area is 165 Å². The number of rotatable bonds is 4. The van der Waals surface area contributed by atoms with Crippen molar-refractivity contribution in [2.24, 2.45) is 17.1 Å². The zero-order valence-corrected chi connectivity index (χ0v) is 16.0. The van der Waals surface area contributed by atoms with Crippen LogP contribution in [0.3, 0.4) is 0 Å². The first-order valence-electron chi connectivity index (χ1n) is 10.1. The Hall–Kier alpha value is -2.48. The van der Waals surface area contributed by atoms with E-state index in [2.05, 4.69) is 0 Å². The standard InChI is InChI=1S/C21H23F2N3O3/c22-15-6-13-17(26(12-3-4-12)8-14(19(13)27)20(28)29)16(23)18(15)25-7-11-2-1-5-21(11,9-24)10-25/h6,8,11-12H,1-5,7,9-10,24H2,(H,28,29)/t11-,21-/m1/s1. The number of aromatic nitrogens is 1. The highest BCUT2D eigenvalue weighted by Gasteiger charge is 2.49. The zero-order valence-electron chi connectivity index (χ0n) is 16.0. The minimum absolute atomic E-state index is 0.00208. The first-order valence-corrected chi connectivity index (χ1v) is 10.1. The van der Waals surface area contributed by atoms with Gasteiger partial charge in [-0.25, -0.2) is 13.6 Å². The molecule has 0 bridgehead atoms. The monoisotopic (exact) mass is 403 g/mol. The normalized spacial score (nSPS) is 26.3. The second-order valence-corrected chi connectivity index (χ2v) is 8.77. The molecule has 0 amide bonds. The van der Waals surface area contributed by atoms with Crippen LogP contribution in [0.15, 0.2) is 17.1 Å². The van der Waals surface area contributed by atoms with Crippen molar-refractivity contribution in [3.05, 3.63) is 39.7 Å². The van der Waals surface area contributed by atoms with Gasteiger partial charge in [0.1, 0.15) is 17.1 Å². The lowest BCUT2D eigenvalue weighted by Gasteiger charge is -2.28. The second kappa shape index (κ2) is 6.26. The molecule has 3 fully saturated rings. The number of carbonyl (C=O) groups is 1. The third kappa shape index (κ3) is 2.61. The van der Waals surface area contributed by atoms with E-state index in [1.807, 2.05) is 0 Å². The molecule has 2 aliphatic carbocycles. The van der Waals surface area contributed by atoms with Gasteiger partial charge < -0.3 is 20.3 Å². The molecule has 29 heavy (non-hydrogen) atoms. The Kier molecular flexibility index (Phi) is 4.00. The SMILES string of the molecule is NC[C@@]12CCC[C@@H]1CN(c1c(F)cc3c(=O)c(C(=O)O)cn(C4CC4)c3c1F)C2. The number of pyridine rings is 1. The Morgan fingerprint density at radius 3 is 2.69 bits per heavy atom. The maximum atomic E-state index is 15.7. The van der Waals surface area contributed by atoms with E-state index in [1.54, 1.807) is 4.90 Å². The molecule has 3 aliphatic rings. The Morgan fingerprint density at radius 1 is 1.31 bits per heavy atom. The second-order valence-electron chi connectivity index (χ2n) is 8.77. The minimum Gasteiger partial charge on any atom is -0.477 e. The predicted octanol–water partition coefficient (Wildman–Crippen LogP) is 2.88. The minimum atomic E-state index is -1.39. The van der Waals surface area contributed by atoms with E-state index in [0.29, 0.717) is 25.6 Å². The van der Waals surface area contributed by atoms with Crippen molar-refractivity contribution < 1.29 is 18.7 Å². The fourth-order valence-corrected chi connectivity index (χ4v) is 5.43. The molecular formula is C21H23F2N3O3. The number of fused-ring (bicyclic) bond motifs is 2. The van der Waals surface area contributed by atoms with Crippen molar-refractivity contribution in [1.29, 1.82) is 0 Å². The maximum absolute atomic E-state index is 15.7. The van der Waals surface area contributed by atoms with Crippen LogP contribution in [-0.2, 0) is 0 Å². The molecule has 2 aromatic rings. The summed E-state index contributed by atoms with van der Waals surface area (Å²) in [5.41, 5.74) is 4.47. The summed E-state index contributed by atoms with van der Waals surface area (Å²) < 4.78 is 32.3. The number of anilines is 1. The number of nitrogens with two attached hydrogens (primary N) is 1. The molecule has 3 N–H and O–H groups in total. The molecular weight excluding hydrogens is 380 g/mol. The molecule has 0 spiro atoms. The number of carboxylic acid groups (broad SMARTS) is 1. The van der Waals surface area contributed by atoms with E-state index < -0.39 is 28.6 Å². The van der Waals surface area contributed by atoms with E-state index in [-0.39, 0.29) is 28.0 Å². The van der Waals surface area contributed by atoms with Crippen molar-refractivity contribution in [3.63, 3.8) is 0 Å². The van der Waals surface area contributed by atoms with Gasteiger partial charge in [-0.2, -0.15) is 0 Å². The summed E-state index contributed by atoms with van der Waals surface area (Å²) in [5.74, 6) is -2.70. The quantitative estimate of drug-likeness (QED) is 0.820. The van der Waals surface area contributed by atoms with Gasteiger partial charge in [0.2, 0.25) is 5.43 Å². The third-order valence-electron chi connectivity index (χ3n) is 7.12. The summed E-state index contributed by atoms with van der Waals surface area (Å²) in [5, 5.41) is 9.13. The van der Waals surface area contributed by atoms with E-state index in [1.165, 1.54) is 10.8 Å². The van der Waals surface area contributed by atoms with E-state index in [0.717, 1.165) is 38.2 Å². The van der Waals surface area contributed by atoms with Crippen molar-refractivity contribution >= 4 is 22.6 Å². The summed E-state index contributed by atoms with van der Waals surface area (Å²) in [6.07, 6.45) is 5.78. The van der Waals surface area contributed by atoms with Crippen molar-refractivity contribution in [1.82, 2.24) is 4.57 Å². The molecule has 0 unspecified atom stereocenters. The van der Waals surface area contributed by atoms with Gasteiger partial charge in [0.05, 0.1) is 10.9 Å². The summed E-state index contributed by atoms with van der Waals surface area (Å²) in [6, 6.07) is 0.933. The lowest BCUT2D eigenvalue weighted by Crippen LogP contribution is -2.35. The van der Waals surface area contributed by atoms with Crippen molar-refractivity contribution in [3.8, 4) is 0 Å². The largest absolute Gasteiger partial charge is 0.477 e. The van der Waals surface area contributed by atoms with Crippen LogP contribution in [0.2, 0.25) is 0 Å². The highest BCUT2D eigenvalue weighted by molar-refractivity contribution is 5.94. The number of hydrogen-bond acceptors (Lipinski definition) is 4. The average molecular weight is 403 g/mol. The third-order valence-corrected chi connectivity index (χ3v) is 7.12. The lowest BCUT2D eigenvalue weighted by molar-refractivity contribution is 0.0695. The van der Waals surface area contributed by atoms with Gasteiger partial charge in [0, 0.05) is 30.7 Å². The number of hydrogen-bond donors (Lipinski definition) is 2. The van der Waals surface area contributed by atoms with Gasteiger partial charge in [0.15, 0.2) is 5.82 Å². The number of halogens is 2. The Bertz CT molecular complexity index is 1090. The number of carboxylic acids is 1. The first-order chi connectivity index (χ1) is 13.9. The molecule has 0 radical (unpaired) electrons. The fourth-order valence-electron chi connectivity index (χ4n) is 5.43. The van der Waals surface area contributed by atoms with Gasteiger partial charge >= 0.3 is 5.97 Å². The lowest BCUT2D eigenvalue weighted by atomic mass is 9.81. The predicted molar refractivity (Wildman–Crippen MR) is 104 cm³/mol. The van der Waals surface area contributed by atoms with Crippen LogP contribution in [0.1, 0.15) is 48.5 Å². The van der Waals surface area contributed by atoms with Gasteiger partial charge in [-0.05, 0) is 44.2 Å². The average Bonchev–Trinajstić information content (AvgIpc) is 3.34. The van der Waals surface area contributed by atoms with Crippen LogP contribution in [-0.4, -0.2) is 35.3 Å². The molecule has 1 aromatic carbocycles. The van der Waals surface area contributed by atoms with Crippen LogP contribution in [0, 0.1) is 23.0 Å². The molecule has 154 valence electrons. The van der Waals surface area contributed by atoms with Gasteiger partial charge in [-0.3, -0.25) is 4.79 Å². The maximum Gasteiger partial charge on any atom is 0.341 e. The van der Waals surface area contributed by atoms with E-state index in [4.69, 9.17) is 5.73 Å². The van der Waals surface area contributed by atoms with E-state index in [9.17, 15) is 14.7 Å². The number of benzene rings is 1. The molecule has 2 heterocycles. The Morgan fingerprint density at radius 2 is 2.07 bits per heavy atom. The molecule has 1 aliphatic heterocycles. The Balaban J connectivity index is 1.71. The molecule has 8 heteroatoms. The fraction of sp³-hybridized carbons (Fsp3) is 0.524. The topological polar surface area (TPSA) is 88.6 Å². The molecule has 2 atom stereocenters. The van der Waals surface area contributed by atoms with Crippen molar-refractivity contribution in [2.75, 3.05) is 24.5 Å². The smallest absolute Gasteiger partial charge is 0.341 e. The van der Waals surface area contributed by atoms with Gasteiger partial charge in [-0.15, -0.1) is 0 Å². The number of nitrogens with zero attached hydrogens (tertiary/aromatic N) is 2. The summed E-state index contributed by atoms with van der Waals surface area (Å²) in [4.78, 5) is 25.8. The molecule has 6 nitrogen and oxygen atoms in total. The van der Waals surface area contributed by atoms with E-state index >= 15 is 8.78 Å². The molecule has 1 aromatic heterocycles. The molecule has 5 rings (SSSR count). The highest BCUT2D eigenvalue weighted by atomic mass is 19.1. The van der Waals surface area contributed by atoms with Crippen LogP contribution in [0.4, 0.5) is 14.5 Å². The number of aromatic carboxylic acids is 1. The zero-order chi connectivity index (χ0) is 20.5. The molecule has 2 saturated carbocycles. The van der Waals surface area contributed by atoms with Crippen molar-refractivity contribution in [2.45, 2.75) is 38.1 Å². The van der Waals surface area contributed by atoms with Crippen LogP contribution in [0.5, 0.6) is 0 Å². The summed E-state index contributed by atoms with van der Waals surface area (Å²) >= 11 is 0. The van der Waals surface area contributed by atoms with Crippen LogP contribution >= 0.6 is 0 Å². The van der Waals surface area contributed by atoms with Gasteiger partial charge in [-0.1, -0.05) is 6.42 Å². The van der Waals surface area contributed by atoms with Crippen LogP contribution in [0.25, 0.3) is 10.9 Å². The van der Waals surface area contributed by atoms with Gasteiger partial charge in [0.25, 0.3) is 0 Å². The summed E-state index contributed by atoms with van der Waals surface area (Å²) in [6.45, 7) is 1.52. The highest BCUT2D eigenvalue weighted by Crippen LogP contribution is 2.50. The van der Waals surface area contributed by atoms with Crippen LogP contribution < -0.4 is 16.1 Å².